The molecule has 0 atom stereocenters. The number of rotatable bonds is 6. The van der Waals surface area contributed by atoms with E-state index in [1.807, 2.05) is 30.3 Å². The first-order valence-electron chi connectivity index (χ1n) is 7.10. The Hall–Kier alpha value is -1.74. The summed E-state index contributed by atoms with van der Waals surface area (Å²) in [6.45, 7) is 4.98. The zero-order valence-electron chi connectivity index (χ0n) is 12.2. The Bertz CT molecular complexity index is 605. The highest BCUT2D eigenvalue weighted by molar-refractivity contribution is 5.98. The molecule has 0 saturated carbocycles. The van der Waals surface area contributed by atoms with Crippen molar-refractivity contribution < 1.29 is 4.79 Å². The lowest BCUT2D eigenvalue weighted by Gasteiger charge is -2.23. The number of carbonyl (C=O) groups is 1. The Balaban J connectivity index is 2.08. The zero-order chi connectivity index (χ0) is 14.6. The summed E-state index contributed by atoms with van der Waals surface area (Å²) in [5.41, 5.74) is 7.34. The topological polar surface area (TPSA) is 56.0 Å². The SMILES string of the molecule is CC(C)(CCN)CCC(=O)c1cnc2ccccc2c1. The van der Waals surface area contributed by atoms with Crippen LogP contribution in [0.3, 0.4) is 0 Å². The number of hydrogen-bond acceptors (Lipinski definition) is 3. The summed E-state index contributed by atoms with van der Waals surface area (Å²) in [5, 5.41) is 1.01. The van der Waals surface area contributed by atoms with Gasteiger partial charge in [0.15, 0.2) is 5.78 Å². The third-order valence-electron chi connectivity index (χ3n) is 3.76. The number of ketones is 1. The highest BCUT2D eigenvalue weighted by Crippen LogP contribution is 2.27. The van der Waals surface area contributed by atoms with Crippen LogP contribution >= 0.6 is 0 Å². The summed E-state index contributed by atoms with van der Waals surface area (Å²) in [5.74, 6) is 0.161. The number of hydrogen-bond donors (Lipinski definition) is 1. The molecule has 3 nitrogen and oxygen atoms in total. The van der Waals surface area contributed by atoms with Crippen LogP contribution in [0.1, 0.15) is 43.5 Å². The van der Waals surface area contributed by atoms with Gasteiger partial charge >= 0.3 is 0 Å². The van der Waals surface area contributed by atoms with Gasteiger partial charge in [-0.3, -0.25) is 9.78 Å². The number of aromatic nitrogens is 1. The minimum absolute atomic E-state index is 0.120. The Morgan fingerprint density at radius 1 is 1.25 bits per heavy atom. The van der Waals surface area contributed by atoms with E-state index in [2.05, 4.69) is 18.8 Å². The first-order chi connectivity index (χ1) is 9.52. The van der Waals surface area contributed by atoms with Gasteiger partial charge in [-0.15, -0.1) is 0 Å². The molecule has 0 saturated heterocycles. The molecule has 1 aromatic carbocycles. The Kier molecular flexibility index (Phi) is 4.50. The second-order valence-corrected chi connectivity index (χ2v) is 6.04. The number of pyridine rings is 1. The summed E-state index contributed by atoms with van der Waals surface area (Å²) in [6.07, 6.45) is 4.03. The van der Waals surface area contributed by atoms with E-state index in [0.29, 0.717) is 18.5 Å². The fourth-order valence-corrected chi connectivity index (χ4v) is 2.34. The summed E-state index contributed by atoms with van der Waals surface area (Å²) in [4.78, 5) is 16.6. The van der Waals surface area contributed by atoms with E-state index in [0.717, 1.165) is 23.7 Å². The van der Waals surface area contributed by atoms with Crippen LogP contribution in [0.4, 0.5) is 0 Å². The van der Waals surface area contributed by atoms with Crippen molar-refractivity contribution in [2.24, 2.45) is 11.1 Å². The Morgan fingerprint density at radius 2 is 2.00 bits per heavy atom. The molecule has 106 valence electrons. The molecule has 2 aromatic rings. The molecule has 0 fully saturated rings. The van der Waals surface area contributed by atoms with Crippen LogP contribution < -0.4 is 5.73 Å². The van der Waals surface area contributed by atoms with E-state index >= 15 is 0 Å². The molecule has 3 heteroatoms. The molecule has 0 bridgehead atoms. The molecule has 0 spiro atoms. The highest BCUT2D eigenvalue weighted by atomic mass is 16.1. The van der Waals surface area contributed by atoms with Crippen LogP contribution in [0.2, 0.25) is 0 Å². The molecule has 2 N–H and O–H groups in total. The van der Waals surface area contributed by atoms with Crippen molar-refractivity contribution >= 4 is 16.7 Å². The summed E-state index contributed by atoms with van der Waals surface area (Å²) in [7, 11) is 0. The quantitative estimate of drug-likeness (QED) is 0.816. The number of carbonyl (C=O) groups excluding carboxylic acids is 1. The number of benzene rings is 1. The minimum atomic E-state index is 0.120. The van der Waals surface area contributed by atoms with Gasteiger partial charge < -0.3 is 5.73 Å². The van der Waals surface area contributed by atoms with Gasteiger partial charge in [-0.25, -0.2) is 0 Å². The van der Waals surface area contributed by atoms with Crippen LogP contribution in [0.5, 0.6) is 0 Å². The molecule has 0 amide bonds. The average Bonchev–Trinajstić information content (AvgIpc) is 2.44. The monoisotopic (exact) mass is 270 g/mol. The predicted octanol–water partition coefficient (Wildman–Crippen LogP) is 3.57. The maximum absolute atomic E-state index is 12.3. The first kappa shape index (κ1) is 14.7. The average molecular weight is 270 g/mol. The van der Waals surface area contributed by atoms with Gasteiger partial charge in [-0.05, 0) is 36.9 Å². The Morgan fingerprint density at radius 3 is 2.75 bits per heavy atom. The minimum Gasteiger partial charge on any atom is -0.330 e. The van der Waals surface area contributed by atoms with Crippen molar-refractivity contribution in [3.8, 4) is 0 Å². The van der Waals surface area contributed by atoms with Gasteiger partial charge in [-0.2, -0.15) is 0 Å². The Labute approximate surface area is 120 Å². The zero-order valence-corrected chi connectivity index (χ0v) is 12.2. The highest BCUT2D eigenvalue weighted by Gasteiger charge is 2.19. The fourth-order valence-electron chi connectivity index (χ4n) is 2.34. The molecular weight excluding hydrogens is 248 g/mol. The predicted molar refractivity (Wildman–Crippen MR) is 82.8 cm³/mol. The third kappa shape index (κ3) is 3.64. The van der Waals surface area contributed by atoms with Crippen LogP contribution in [0.25, 0.3) is 10.9 Å². The smallest absolute Gasteiger partial charge is 0.164 e. The molecular formula is C17H22N2O. The lowest BCUT2D eigenvalue weighted by atomic mass is 9.83. The van der Waals surface area contributed by atoms with E-state index in [4.69, 9.17) is 5.73 Å². The summed E-state index contributed by atoms with van der Waals surface area (Å²) < 4.78 is 0. The van der Waals surface area contributed by atoms with Crippen molar-refractivity contribution in [2.75, 3.05) is 6.54 Å². The molecule has 1 heterocycles. The van der Waals surface area contributed by atoms with Crippen LogP contribution in [0, 0.1) is 5.41 Å². The van der Waals surface area contributed by atoms with Crippen LogP contribution in [-0.4, -0.2) is 17.3 Å². The molecule has 20 heavy (non-hydrogen) atoms. The van der Waals surface area contributed by atoms with Crippen molar-refractivity contribution in [3.05, 3.63) is 42.1 Å². The van der Waals surface area contributed by atoms with E-state index < -0.39 is 0 Å². The molecule has 2 rings (SSSR count). The van der Waals surface area contributed by atoms with E-state index in [-0.39, 0.29) is 11.2 Å². The van der Waals surface area contributed by atoms with Crippen molar-refractivity contribution in [1.82, 2.24) is 4.98 Å². The van der Waals surface area contributed by atoms with Gasteiger partial charge in [0.1, 0.15) is 0 Å². The van der Waals surface area contributed by atoms with E-state index in [1.54, 1.807) is 6.20 Å². The second kappa shape index (κ2) is 6.14. The molecule has 1 aromatic heterocycles. The van der Waals surface area contributed by atoms with Crippen LogP contribution in [-0.2, 0) is 0 Å². The van der Waals surface area contributed by atoms with Gasteiger partial charge in [0.25, 0.3) is 0 Å². The molecule has 0 unspecified atom stereocenters. The number of Topliss-reactive ketones (excluding diaryl/α,β-unsaturated/α-hetero) is 1. The maximum atomic E-state index is 12.3. The standard InChI is InChI=1S/C17H22N2O/c1-17(2,9-10-18)8-7-16(20)14-11-13-5-3-4-6-15(13)19-12-14/h3-6,11-12H,7-10,18H2,1-2H3. The largest absolute Gasteiger partial charge is 0.330 e. The van der Waals surface area contributed by atoms with Crippen LogP contribution in [0.15, 0.2) is 36.5 Å². The third-order valence-corrected chi connectivity index (χ3v) is 3.76. The number of nitrogens with zero attached hydrogens (tertiary/aromatic N) is 1. The lowest BCUT2D eigenvalue weighted by Crippen LogP contribution is -2.18. The van der Waals surface area contributed by atoms with Crippen molar-refractivity contribution in [2.45, 2.75) is 33.1 Å². The molecule has 0 radical (unpaired) electrons. The van der Waals surface area contributed by atoms with Gasteiger partial charge in [0.05, 0.1) is 5.52 Å². The molecule has 0 aliphatic heterocycles. The second-order valence-electron chi connectivity index (χ2n) is 6.04. The van der Waals surface area contributed by atoms with Gasteiger partial charge in [-0.1, -0.05) is 32.0 Å². The van der Waals surface area contributed by atoms with E-state index in [1.165, 1.54) is 0 Å². The normalized spacial score (nSPS) is 11.8. The van der Waals surface area contributed by atoms with Crippen molar-refractivity contribution in [3.63, 3.8) is 0 Å². The number of para-hydroxylation sites is 1. The summed E-state index contributed by atoms with van der Waals surface area (Å²) >= 11 is 0. The summed E-state index contributed by atoms with van der Waals surface area (Å²) in [6, 6.07) is 9.78. The molecule has 0 aliphatic rings. The van der Waals surface area contributed by atoms with E-state index in [9.17, 15) is 4.79 Å². The number of nitrogens with two attached hydrogens (primary N) is 1. The first-order valence-corrected chi connectivity index (χ1v) is 7.10. The van der Waals surface area contributed by atoms with Gasteiger partial charge in [0, 0.05) is 23.6 Å². The lowest BCUT2D eigenvalue weighted by molar-refractivity contribution is 0.0961. The fraction of sp³-hybridized carbons (Fsp3) is 0.412. The van der Waals surface area contributed by atoms with Gasteiger partial charge in [0.2, 0.25) is 0 Å². The van der Waals surface area contributed by atoms with Crippen molar-refractivity contribution in [1.29, 1.82) is 0 Å². The maximum Gasteiger partial charge on any atom is 0.164 e. The molecule has 0 aliphatic carbocycles. The number of fused-ring (bicyclic) bond motifs is 1.